The summed E-state index contributed by atoms with van der Waals surface area (Å²) in [6, 6.07) is 0. The summed E-state index contributed by atoms with van der Waals surface area (Å²) in [7, 11) is 0. The fourth-order valence-corrected chi connectivity index (χ4v) is 2.00. The first-order valence-corrected chi connectivity index (χ1v) is 4.88. The van der Waals surface area contributed by atoms with E-state index in [9.17, 15) is 4.39 Å². The number of nitrogens with zero attached hydrogens (tertiary/aromatic N) is 1. The van der Waals surface area contributed by atoms with Crippen LogP contribution in [0, 0.1) is 5.41 Å². The first-order chi connectivity index (χ1) is 6.32. The minimum atomic E-state index is -0.444. The monoisotopic (exact) mass is 182 g/mol. The molecule has 1 aliphatic heterocycles. The maximum Gasteiger partial charge on any atom is 0.133 e. The van der Waals surface area contributed by atoms with Gasteiger partial charge in [-0.2, -0.15) is 0 Å². The topological polar surface area (TPSA) is 24.4 Å². The van der Waals surface area contributed by atoms with Gasteiger partial charge in [0.25, 0.3) is 0 Å². The summed E-state index contributed by atoms with van der Waals surface area (Å²) >= 11 is 0. The molecule has 1 fully saturated rings. The molecule has 0 atom stereocenters. The molecule has 1 heterocycles. The van der Waals surface area contributed by atoms with Crippen molar-refractivity contribution in [3.63, 3.8) is 0 Å². The maximum atomic E-state index is 12.6. The van der Waals surface area contributed by atoms with Gasteiger partial charge in [0.1, 0.15) is 6.67 Å². The van der Waals surface area contributed by atoms with Crippen molar-refractivity contribution in [2.45, 2.75) is 26.2 Å². The molecule has 0 aromatic carbocycles. The Balaban J connectivity index is 2.28. The number of rotatable bonds is 3. The van der Waals surface area contributed by atoms with Gasteiger partial charge < -0.3 is 5.32 Å². The van der Waals surface area contributed by atoms with Gasteiger partial charge in [0.2, 0.25) is 0 Å². The Morgan fingerprint density at radius 1 is 1.62 bits per heavy atom. The molecule has 0 aromatic rings. The lowest BCUT2D eigenvalue weighted by Crippen LogP contribution is -2.28. The third-order valence-electron chi connectivity index (χ3n) is 3.09. The predicted octanol–water partition coefficient (Wildman–Crippen LogP) is 2.03. The number of halogens is 1. The lowest BCUT2D eigenvalue weighted by molar-refractivity contribution is 0.488. The second kappa shape index (κ2) is 3.13. The SMILES string of the molecule is CCC1(C2=C(CF)N=CCN2)CC1. The molecule has 0 amide bonds. The molecule has 1 saturated carbocycles. The summed E-state index contributed by atoms with van der Waals surface area (Å²) in [6.07, 6.45) is 5.20. The zero-order chi connectivity index (χ0) is 9.31. The van der Waals surface area contributed by atoms with Crippen molar-refractivity contribution in [3.05, 3.63) is 11.4 Å². The fraction of sp³-hybridized carbons (Fsp3) is 0.700. The average molecular weight is 182 g/mol. The van der Waals surface area contributed by atoms with Gasteiger partial charge in [-0.3, -0.25) is 4.99 Å². The minimum Gasteiger partial charge on any atom is -0.381 e. The van der Waals surface area contributed by atoms with Crippen LogP contribution in [0.4, 0.5) is 4.39 Å². The Bertz CT molecular complexity index is 264. The first kappa shape index (κ1) is 8.73. The van der Waals surface area contributed by atoms with E-state index in [-0.39, 0.29) is 5.41 Å². The number of nitrogens with one attached hydrogen (secondary N) is 1. The van der Waals surface area contributed by atoms with E-state index in [4.69, 9.17) is 0 Å². The number of allylic oxidation sites excluding steroid dienone is 2. The number of aliphatic imine (C=N–C) groups is 1. The summed E-state index contributed by atoms with van der Waals surface area (Å²) in [5, 5.41) is 3.26. The van der Waals surface area contributed by atoms with Crippen LogP contribution in [-0.4, -0.2) is 19.4 Å². The van der Waals surface area contributed by atoms with Crippen molar-refractivity contribution in [1.82, 2.24) is 5.32 Å². The molecule has 0 radical (unpaired) electrons. The van der Waals surface area contributed by atoms with E-state index in [0.29, 0.717) is 5.70 Å². The molecule has 0 unspecified atom stereocenters. The van der Waals surface area contributed by atoms with Crippen LogP contribution in [0.5, 0.6) is 0 Å². The highest BCUT2D eigenvalue weighted by molar-refractivity contribution is 5.64. The van der Waals surface area contributed by atoms with E-state index < -0.39 is 6.67 Å². The van der Waals surface area contributed by atoms with Gasteiger partial charge in [-0.15, -0.1) is 0 Å². The summed E-state index contributed by atoms with van der Waals surface area (Å²) in [4.78, 5) is 4.10. The third kappa shape index (κ3) is 1.36. The van der Waals surface area contributed by atoms with Gasteiger partial charge >= 0.3 is 0 Å². The Morgan fingerprint density at radius 3 is 2.92 bits per heavy atom. The summed E-state index contributed by atoms with van der Waals surface area (Å²) in [6.45, 7) is 2.47. The quantitative estimate of drug-likeness (QED) is 0.709. The zero-order valence-corrected chi connectivity index (χ0v) is 7.94. The molecule has 1 aliphatic carbocycles. The van der Waals surface area contributed by atoms with Crippen molar-refractivity contribution < 1.29 is 4.39 Å². The van der Waals surface area contributed by atoms with Gasteiger partial charge in [0.15, 0.2) is 0 Å². The van der Waals surface area contributed by atoms with Gasteiger partial charge in [-0.1, -0.05) is 6.92 Å². The van der Waals surface area contributed by atoms with E-state index in [2.05, 4.69) is 17.2 Å². The Kier molecular flexibility index (Phi) is 2.10. The van der Waals surface area contributed by atoms with Gasteiger partial charge in [0.05, 0.1) is 12.2 Å². The lowest BCUT2D eigenvalue weighted by Gasteiger charge is -2.23. The molecule has 0 spiro atoms. The summed E-state index contributed by atoms with van der Waals surface area (Å²) < 4.78 is 12.6. The largest absolute Gasteiger partial charge is 0.381 e. The maximum absolute atomic E-state index is 12.6. The molecule has 1 N–H and O–H groups in total. The first-order valence-electron chi connectivity index (χ1n) is 4.88. The number of hydrogen-bond acceptors (Lipinski definition) is 2. The lowest BCUT2D eigenvalue weighted by atomic mass is 9.97. The smallest absolute Gasteiger partial charge is 0.133 e. The average Bonchev–Trinajstić information content (AvgIpc) is 2.98. The highest BCUT2D eigenvalue weighted by atomic mass is 19.1. The van der Waals surface area contributed by atoms with Crippen molar-refractivity contribution in [2.24, 2.45) is 10.4 Å². The molecule has 13 heavy (non-hydrogen) atoms. The predicted molar refractivity (Wildman–Crippen MR) is 51.5 cm³/mol. The molecule has 3 heteroatoms. The van der Waals surface area contributed by atoms with Crippen LogP contribution in [0.15, 0.2) is 16.4 Å². The molecule has 2 rings (SSSR count). The van der Waals surface area contributed by atoms with Crippen LogP contribution < -0.4 is 5.32 Å². The second-order valence-corrected chi connectivity index (χ2v) is 3.78. The van der Waals surface area contributed by atoms with Crippen molar-refractivity contribution in [1.29, 1.82) is 0 Å². The second-order valence-electron chi connectivity index (χ2n) is 3.78. The van der Waals surface area contributed by atoms with Crippen LogP contribution in [-0.2, 0) is 0 Å². The zero-order valence-electron chi connectivity index (χ0n) is 7.94. The fourth-order valence-electron chi connectivity index (χ4n) is 2.00. The normalized spacial score (nSPS) is 24.5. The highest BCUT2D eigenvalue weighted by Gasteiger charge is 2.46. The molecule has 0 saturated heterocycles. The molecule has 2 nitrogen and oxygen atoms in total. The van der Waals surface area contributed by atoms with Crippen molar-refractivity contribution in [2.75, 3.05) is 13.2 Å². The van der Waals surface area contributed by atoms with Crippen molar-refractivity contribution >= 4 is 6.21 Å². The highest BCUT2D eigenvalue weighted by Crippen LogP contribution is 2.54. The van der Waals surface area contributed by atoms with Crippen LogP contribution in [0.1, 0.15) is 26.2 Å². The van der Waals surface area contributed by atoms with E-state index in [1.807, 2.05) is 0 Å². The molecular formula is C10H15FN2. The van der Waals surface area contributed by atoms with Gasteiger partial charge in [-0.25, -0.2) is 4.39 Å². The molecule has 2 aliphatic rings. The van der Waals surface area contributed by atoms with Crippen molar-refractivity contribution in [3.8, 4) is 0 Å². The van der Waals surface area contributed by atoms with E-state index >= 15 is 0 Å². The third-order valence-corrected chi connectivity index (χ3v) is 3.09. The molecule has 0 bridgehead atoms. The van der Waals surface area contributed by atoms with Gasteiger partial charge in [0, 0.05) is 17.3 Å². The van der Waals surface area contributed by atoms with E-state index in [1.54, 1.807) is 6.21 Å². The van der Waals surface area contributed by atoms with Crippen LogP contribution in [0.3, 0.4) is 0 Å². The summed E-state index contributed by atoms with van der Waals surface area (Å²) in [5.74, 6) is 0. The molecule has 0 aromatic heterocycles. The number of alkyl halides is 1. The van der Waals surface area contributed by atoms with E-state index in [0.717, 1.165) is 18.7 Å². The Hall–Kier alpha value is -0.860. The van der Waals surface area contributed by atoms with Gasteiger partial charge in [-0.05, 0) is 19.3 Å². The summed E-state index contributed by atoms with van der Waals surface area (Å²) in [5.41, 5.74) is 1.93. The van der Waals surface area contributed by atoms with Crippen LogP contribution in [0.25, 0.3) is 0 Å². The minimum absolute atomic E-state index is 0.249. The Labute approximate surface area is 77.9 Å². The van der Waals surface area contributed by atoms with Crippen LogP contribution in [0.2, 0.25) is 0 Å². The standard InChI is InChI=1S/C10H15FN2/c1-2-10(3-4-10)9-8(7-11)12-5-6-13-9/h5,13H,2-4,6-7H2,1H3. The molecular weight excluding hydrogens is 167 g/mol. The number of hydrogen-bond donors (Lipinski definition) is 1. The molecule has 72 valence electrons. The van der Waals surface area contributed by atoms with E-state index in [1.165, 1.54) is 12.8 Å². The van der Waals surface area contributed by atoms with Crippen LogP contribution >= 0.6 is 0 Å². The Morgan fingerprint density at radius 2 is 2.38 bits per heavy atom.